The summed E-state index contributed by atoms with van der Waals surface area (Å²) in [6, 6.07) is 0. The molecule has 0 radical (unpaired) electrons. The Morgan fingerprint density at radius 1 is 1.54 bits per heavy atom. The molecular weight excluding hydrogens is 184 g/mol. The van der Waals surface area contributed by atoms with Gasteiger partial charge in [-0.15, -0.1) is 0 Å². The van der Waals surface area contributed by atoms with E-state index in [0.29, 0.717) is 6.42 Å². The zero-order valence-corrected chi connectivity index (χ0v) is 9.54. The van der Waals surface area contributed by atoms with Gasteiger partial charge in [0.2, 0.25) is 5.91 Å². The van der Waals surface area contributed by atoms with Crippen LogP contribution in [-0.2, 0) is 4.79 Å². The molecule has 3 N–H and O–H groups in total. The van der Waals surface area contributed by atoms with Crippen LogP contribution in [0.15, 0.2) is 0 Å². The molecule has 0 heterocycles. The van der Waals surface area contributed by atoms with Gasteiger partial charge in [0.15, 0.2) is 0 Å². The highest BCUT2D eigenvalue weighted by Gasteiger charge is 2.09. The van der Waals surface area contributed by atoms with Crippen LogP contribution in [0, 0.1) is 0 Å². The topological polar surface area (TPSA) is 55.1 Å². The number of nitrogens with one attached hydrogen (secondary N) is 1. The van der Waals surface area contributed by atoms with Crippen molar-refractivity contribution in [1.29, 1.82) is 0 Å². The molecular formula is C9H20N2OS. The van der Waals surface area contributed by atoms with Gasteiger partial charge in [-0.25, -0.2) is 0 Å². The summed E-state index contributed by atoms with van der Waals surface area (Å²) in [4.78, 5) is 10.8. The van der Waals surface area contributed by atoms with Gasteiger partial charge in [0.05, 0.1) is 0 Å². The van der Waals surface area contributed by atoms with Gasteiger partial charge in [-0.3, -0.25) is 4.79 Å². The Morgan fingerprint density at radius 3 is 2.62 bits per heavy atom. The summed E-state index contributed by atoms with van der Waals surface area (Å²) in [7, 11) is 1.67. The lowest BCUT2D eigenvalue weighted by Crippen LogP contribution is -2.34. The van der Waals surface area contributed by atoms with Gasteiger partial charge in [-0.2, -0.15) is 11.8 Å². The van der Waals surface area contributed by atoms with Crippen molar-refractivity contribution in [3.63, 3.8) is 0 Å². The molecule has 0 bridgehead atoms. The fourth-order valence-corrected chi connectivity index (χ4v) is 1.81. The summed E-state index contributed by atoms with van der Waals surface area (Å²) in [5, 5.41) is 2.60. The van der Waals surface area contributed by atoms with Crippen LogP contribution in [0.2, 0.25) is 0 Å². The number of rotatable bonds is 6. The largest absolute Gasteiger partial charge is 0.359 e. The monoisotopic (exact) mass is 204 g/mol. The minimum Gasteiger partial charge on any atom is -0.359 e. The quantitative estimate of drug-likeness (QED) is 0.634. The van der Waals surface area contributed by atoms with Gasteiger partial charge >= 0.3 is 0 Å². The zero-order chi connectivity index (χ0) is 10.3. The highest BCUT2D eigenvalue weighted by atomic mass is 32.2. The average Bonchev–Trinajstić information content (AvgIpc) is 2.01. The summed E-state index contributed by atoms with van der Waals surface area (Å²) in [5.41, 5.74) is 5.70. The second kappa shape index (κ2) is 6.27. The number of amides is 1. The predicted molar refractivity (Wildman–Crippen MR) is 58.9 cm³/mol. The predicted octanol–water partition coefficient (Wildman–Crippen LogP) is 0.983. The van der Waals surface area contributed by atoms with Crippen LogP contribution >= 0.6 is 11.8 Å². The molecule has 3 nitrogen and oxygen atoms in total. The molecule has 0 aromatic heterocycles. The molecule has 0 aromatic rings. The number of carbonyl (C=O) groups excluding carboxylic acids is 1. The van der Waals surface area contributed by atoms with Gasteiger partial charge in [0.1, 0.15) is 0 Å². The molecule has 0 aliphatic heterocycles. The molecule has 0 unspecified atom stereocenters. The second-order valence-corrected chi connectivity index (χ2v) is 4.92. The third-order valence-electron chi connectivity index (χ3n) is 1.45. The summed E-state index contributed by atoms with van der Waals surface area (Å²) in [6.45, 7) is 4.03. The van der Waals surface area contributed by atoms with Gasteiger partial charge in [0, 0.05) is 24.8 Å². The Morgan fingerprint density at radius 2 is 2.15 bits per heavy atom. The Kier molecular flexibility index (Phi) is 6.16. The summed E-state index contributed by atoms with van der Waals surface area (Å²) < 4.78 is 0. The molecule has 0 fully saturated rings. The third-order valence-corrected chi connectivity index (χ3v) is 2.97. The van der Waals surface area contributed by atoms with Crippen molar-refractivity contribution in [3.8, 4) is 0 Å². The van der Waals surface area contributed by atoms with Crippen molar-refractivity contribution < 1.29 is 4.79 Å². The molecule has 1 amide bonds. The lowest BCUT2D eigenvalue weighted by Gasteiger charge is -2.17. The van der Waals surface area contributed by atoms with Crippen molar-refractivity contribution in [3.05, 3.63) is 0 Å². The fraction of sp³-hybridized carbons (Fsp3) is 0.889. The Bertz CT molecular complexity index is 154. The van der Waals surface area contributed by atoms with Crippen molar-refractivity contribution in [1.82, 2.24) is 5.32 Å². The molecule has 0 saturated heterocycles. The smallest absolute Gasteiger partial charge is 0.219 e. The van der Waals surface area contributed by atoms with Crippen LogP contribution in [0.1, 0.15) is 26.7 Å². The summed E-state index contributed by atoms with van der Waals surface area (Å²) >= 11 is 1.81. The van der Waals surface area contributed by atoms with Gasteiger partial charge < -0.3 is 11.1 Å². The maximum absolute atomic E-state index is 10.8. The maximum Gasteiger partial charge on any atom is 0.219 e. The first-order valence-electron chi connectivity index (χ1n) is 4.53. The molecule has 0 aliphatic rings. The maximum atomic E-state index is 10.8. The highest BCUT2D eigenvalue weighted by molar-refractivity contribution is 7.99. The van der Waals surface area contributed by atoms with Crippen molar-refractivity contribution >= 4 is 17.7 Å². The lowest BCUT2D eigenvalue weighted by atomic mass is 10.1. The molecule has 0 aliphatic carbocycles. The summed E-state index contributed by atoms with van der Waals surface area (Å²) in [6.07, 6.45) is 1.55. The number of hydrogen-bond acceptors (Lipinski definition) is 3. The second-order valence-electron chi connectivity index (χ2n) is 3.82. The van der Waals surface area contributed by atoms with E-state index in [-0.39, 0.29) is 11.4 Å². The van der Waals surface area contributed by atoms with Crippen LogP contribution in [-0.4, -0.2) is 30.0 Å². The van der Waals surface area contributed by atoms with E-state index in [9.17, 15) is 4.79 Å². The first-order valence-corrected chi connectivity index (χ1v) is 5.68. The van der Waals surface area contributed by atoms with E-state index in [2.05, 4.69) is 5.32 Å². The molecule has 0 rings (SSSR count). The van der Waals surface area contributed by atoms with E-state index in [1.54, 1.807) is 7.05 Å². The van der Waals surface area contributed by atoms with E-state index < -0.39 is 0 Å². The fourth-order valence-electron chi connectivity index (χ4n) is 0.795. The molecule has 0 atom stereocenters. The van der Waals surface area contributed by atoms with E-state index >= 15 is 0 Å². The van der Waals surface area contributed by atoms with E-state index in [0.717, 1.165) is 17.9 Å². The van der Waals surface area contributed by atoms with Crippen LogP contribution in [0.3, 0.4) is 0 Å². The third kappa shape index (κ3) is 9.70. The minimum absolute atomic E-state index is 0.0995. The summed E-state index contributed by atoms with van der Waals surface area (Å²) in [5.74, 6) is 2.07. The highest BCUT2D eigenvalue weighted by Crippen LogP contribution is 2.11. The van der Waals surface area contributed by atoms with Crippen LogP contribution < -0.4 is 11.1 Å². The number of nitrogens with two attached hydrogens (primary N) is 1. The van der Waals surface area contributed by atoms with Gasteiger partial charge in [-0.1, -0.05) is 0 Å². The lowest BCUT2D eigenvalue weighted by molar-refractivity contribution is -0.120. The van der Waals surface area contributed by atoms with E-state index in [1.165, 1.54) is 0 Å². The normalized spacial score (nSPS) is 11.4. The first-order chi connectivity index (χ1) is 5.95. The van der Waals surface area contributed by atoms with Crippen molar-refractivity contribution in [2.75, 3.05) is 18.6 Å². The average molecular weight is 204 g/mol. The molecule has 4 heteroatoms. The Hall–Kier alpha value is -0.220. The van der Waals surface area contributed by atoms with Gasteiger partial charge in [0.25, 0.3) is 0 Å². The first kappa shape index (κ1) is 12.8. The Labute approximate surface area is 84.8 Å². The standard InChI is InChI=1S/C9H20N2OS/c1-9(2,10)7-13-6-4-5-8(12)11-3/h4-7,10H2,1-3H3,(H,11,12). The Balaban J connectivity index is 3.22. The molecule has 13 heavy (non-hydrogen) atoms. The number of hydrogen-bond donors (Lipinski definition) is 2. The molecule has 0 aromatic carbocycles. The molecule has 78 valence electrons. The van der Waals surface area contributed by atoms with Crippen LogP contribution in [0.25, 0.3) is 0 Å². The van der Waals surface area contributed by atoms with Gasteiger partial charge in [-0.05, 0) is 26.0 Å². The van der Waals surface area contributed by atoms with Crippen molar-refractivity contribution in [2.24, 2.45) is 5.73 Å². The minimum atomic E-state index is -0.0995. The van der Waals surface area contributed by atoms with Crippen LogP contribution in [0.5, 0.6) is 0 Å². The van der Waals surface area contributed by atoms with Crippen LogP contribution in [0.4, 0.5) is 0 Å². The van der Waals surface area contributed by atoms with E-state index in [4.69, 9.17) is 5.73 Å². The van der Waals surface area contributed by atoms with Crippen molar-refractivity contribution in [2.45, 2.75) is 32.2 Å². The molecule has 0 saturated carbocycles. The number of carbonyl (C=O) groups is 1. The number of thioether (sulfide) groups is 1. The molecule has 0 spiro atoms. The van der Waals surface area contributed by atoms with E-state index in [1.807, 2.05) is 25.6 Å². The zero-order valence-electron chi connectivity index (χ0n) is 8.72. The SMILES string of the molecule is CNC(=O)CCCSCC(C)(C)N.